The molecule has 4 aliphatic rings. The number of aryl methyl sites for hydroxylation is 1. The summed E-state index contributed by atoms with van der Waals surface area (Å²) in [5.41, 5.74) is 6.53. The number of aromatic nitrogens is 4. The quantitative estimate of drug-likeness (QED) is 0.106. The van der Waals surface area contributed by atoms with E-state index in [2.05, 4.69) is 65.0 Å². The number of ether oxygens (including phenoxy) is 1. The van der Waals surface area contributed by atoms with Crippen LogP contribution in [0.1, 0.15) is 43.6 Å². The van der Waals surface area contributed by atoms with Gasteiger partial charge in [-0.05, 0) is 86.9 Å². The highest BCUT2D eigenvalue weighted by Gasteiger charge is 2.32. The second-order valence-electron chi connectivity index (χ2n) is 17.1. The maximum absolute atomic E-state index is 15.3. The van der Waals surface area contributed by atoms with E-state index in [0.717, 1.165) is 92.8 Å². The third kappa shape index (κ3) is 9.20. The Bertz CT molecular complexity index is 2600. The summed E-state index contributed by atoms with van der Waals surface area (Å²) in [5.74, 6) is 1.02. The minimum Gasteiger partial charge on any atom is -0.494 e. The Labute approximate surface area is 371 Å². The van der Waals surface area contributed by atoms with E-state index in [1.165, 1.54) is 16.5 Å². The van der Waals surface area contributed by atoms with E-state index in [4.69, 9.17) is 21.3 Å². The standard InChI is InChI=1S/C45H52ClFN11O4P/c1-54-27-30(25-49-54)33-23-37(51-44-48-26-34(46)43(53-44)50-36-9-7-29(28-5-6-28)21-41(36)63(3,4)61)40(62-2)24-39(33)57-14-11-31(12-15-57)55-17-19-56(20-18-55)32-8-10-38(35(47)22-32)58-16-13-42(59)52-45(58)60/h7-10,21-28,31H,5-6,11-20H2,1-4H3,(H,52,59,60)(H2,48,50,51,53). The zero-order valence-corrected chi connectivity index (χ0v) is 37.6. The number of hydrogen-bond acceptors (Lipinski definition) is 12. The van der Waals surface area contributed by atoms with Gasteiger partial charge in [0.25, 0.3) is 0 Å². The van der Waals surface area contributed by atoms with Crippen molar-refractivity contribution < 1.29 is 23.3 Å². The normalized spacial score (nSPS) is 17.8. The number of imide groups is 1. The van der Waals surface area contributed by atoms with Crippen LogP contribution in [0.3, 0.4) is 0 Å². The van der Waals surface area contributed by atoms with Gasteiger partial charge < -0.3 is 29.7 Å². The van der Waals surface area contributed by atoms with Crippen molar-refractivity contribution in [3.63, 3.8) is 0 Å². The summed E-state index contributed by atoms with van der Waals surface area (Å²) in [7, 11) is 0.921. The zero-order valence-electron chi connectivity index (χ0n) is 35.9. The molecule has 1 saturated carbocycles. The van der Waals surface area contributed by atoms with Crippen LogP contribution >= 0.6 is 18.7 Å². The minimum absolute atomic E-state index is 0.140. The van der Waals surface area contributed by atoms with Crippen molar-refractivity contribution >= 4 is 76.2 Å². The fourth-order valence-corrected chi connectivity index (χ4v) is 10.3. The van der Waals surface area contributed by atoms with Gasteiger partial charge in [-0.1, -0.05) is 17.7 Å². The summed E-state index contributed by atoms with van der Waals surface area (Å²) in [6.07, 6.45) is 9.81. The molecule has 1 aliphatic carbocycles. The van der Waals surface area contributed by atoms with Gasteiger partial charge in [-0.3, -0.25) is 24.6 Å². The Kier molecular flexibility index (Phi) is 11.8. The number of carbonyl (C=O) groups is 2. The van der Waals surface area contributed by atoms with Gasteiger partial charge in [0.2, 0.25) is 11.9 Å². The fourth-order valence-electron chi connectivity index (χ4n) is 8.94. The van der Waals surface area contributed by atoms with Crippen molar-refractivity contribution in [3.8, 4) is 16.9 Å². The van der Waals surface area contributed by atoms with Gasteiger partial charge in [0.1, 0.15) is 23.7 Å². The van der Waals surface area contributed by atoms with E-state index in [0.29, 0.717) is 45.9 Å². The highest BCUT2D eigenvalue weighted by Crippen LogP contribution is 2.45. The van der Waals surface area contributed by atoms with Crippen molar-refractivity contribution in [1.82, 2.24) is 30.0 Å². The number of carbonyl (C=O) groups excluding carboxylic acids is 2. The maximum Gasteiger partial charge on any atom is 0.328 e. The SMILES string of the molecule is COc1cc(N2CCC(N3CCN(c4ccc(N5CCC(=O)NC5=O)c(F)c4)CC3)CC2)c(-c2cnn(C)c2)cc1Nc1ncc(Cl)c(Nc2ccc(C3CC3)cc2P(C)(C)=O)n1. The summed E-state index contributed by atoms with van der Waals surface area (Å²) < 4.78 is 36.5. The lowest BCUT2D eigenvalue weighted by Crippen LogP contribution is -2.53. The van der Waals surface area contributed by atoms with Crippen LogP contribution in [0.15, 0.2) is 67.1 Å². The monoisotopic (exact) mass is 895 g/mol. The van der Waals surface area contributed by atoms with E-state index in [1.807, 2.05) is 31.6 Å². The van der Waals surface area contributed by atoms with E-state index in [-0.39, 0.29) is 24.6 Å². The Morgan fingerprint density at radius 3 is 2.32 bits per heavy atom. The Morgan fingerprint density at radius 1 is 0.873 bits per heavy atom. The Balaban J connectivity index is 0.882. The first-order chi connectivity index (χ1) is 30.3. The van der Waals surface area contributed by atoms with Crippen LogP contribution in [0.25, 0.3) is 11.1 Å². The molecule has 0 bridgehead atoms. The van der Waals surface area contributed by atoms with Crippen molar-refractivity contribution in [2.75, 3.05) is 91.6 Å². The second-order valence-corrected chi connectivity index (χ2v) is 20.7. The van der Waals surface area contributed by atoms with Crippen LogP contribution in [0.4, 0.5) is 49.4 Å². The molecule has 0 spiro atoms. The molecule has 2 aromatic heterocycles. The van der Waals surface area contributed by atoms with Crippen LogP contribution in [-0.2, 0) is 16.4 Å². The summed E-state index contributed by atoms with van der Waals surface area (Å²) in [6.45, 7) is 8.64. The Morgan fingerprint density at radius 2 is 1.65 bits per heavy atom. The topological polar surface area (TPSA) is 153 Å². The molecular weight excluding hydrogens is 844 g/mol. The van der Waals surface area contributed by atoms with E-state index < -0.39 is 19.0 Å². The largest absolute Gasteiger partial charge is 0.494 e. The molecule has 3 aliphatic heterocycles. The second kappa shape index (κ2) is 17.5. The average molecular weight is 896 g/mol. The molecule has 330 valence electrons. The molecule has 3 N–H and O–H groups in total. The number of halogens is 2. The van der Waals surface area contributed by atoms with Crippen LogP contribution in [-0.4, -0.2) is 109 Å². The average Bonchev–Trinajstić information content (AvgIpc) is 4.04. The number of urea groups is 1. The highest BCUT2D eigenvalue weighted by molar-refractivity contribution is 7.70. The number of rotatable bonds is 12. The van der Waals surface area contributed by atoms with Crippen LogP contribution < -0.4 is 40.7 Å². The van der Waals surface area contributed by atoms with E-state index in [9.17, 15) is 14.2 Å². The summed E-state index contributed by atoms with van der Waals surface area (Å²) in [4.78, 5) is 41.6. The first kappa shape index (κ1) is 42.6. The first-order valence-electron chi connectivity index (χ1n) is 21.4. The predicted octanol–water partition coefficient (Wildman–Crippen LogP) is 7.53. The van der Waals surface area contributed by atoms with Gasteiger partial charge in [0, 0.05) is 105 Å². The van der Waals surface area contributed by atoms with Gasteiger partial charge in [0.05, 0.1) is 36.6 Å². The molecule has 4 fully saturated rings. The minimum atomic E-state index is -2.63. The van der Waals surface area contributed by atoms with Crippen LogP contribution in [0, 0.1) is 5.82 Å². The third-order valence-electron chi connectivity index (χ3n) is 12.5. The zero-order chi connectivity index (χ0) is 44.0. The molecule has 3 amide bonds. The van der Waals surface area contributed by atoms with Crippen LogP contribution in [0.5, 0.6) is 5.75 Å². The van der Waals surface area contributed by atoms with Gasteiger partial charge >= 0.3 is 6.03 Å². The number of piperazine rings is 1. The molecule has 0 unspecified atom stereocenters. The first-order valence-corrected chi connectivity index (χ1v) is 24.4. The molecule has 3 saturated heterocycles. The maximum atomic E-state index is 15.3. The molecule has 5 heterocycles. The molecule has 15 nitrogen and oxygen atoms in total. The number of methoxy groups -OCH3 is 1. The Hall–Kier alpha value is -5.70. The number of nitrogens with one attached hydrogen (secondary N) is 3. The van der Waals surface area contributed by atoms with E-state index in [1.54, 1.807) is 37.4 Å². The third-order valence-corrected chi connectivity index (χ3v) is 14.3. The molecule has 9 rings (SSSR count). The van der Waals surface area contributed by atoms with Gasteiger partial charge in [-0.2, -0.15) is 10.1 Å². The summed E-state index contributed by atoms with van der Waals surface area (Å²) >= 11 is 6.65. The molecule has 5 aromatic rings. The fraction of sp³-hybridized carbons (Fsp3) is 0.400. The number of benzene rings is 3. The molecule has 0 radical (unpaired) electrons. The molecule has 0 atom stereocenters. The summed E-state index contributed by atoms with van der Waals surface area (Å²) in [5, 5.41) is 14.6. The lowest BCUT2D eigenvalue weighted by atomic mass is 9.98. The highest BCUT2D eigenvalue weighted by atomic mass is 35.5. The smallest absolute Gasteiger partial charge is 0.328 e. The molecular formula is C45H52ClFN11O4P. The van der Waals surface area contributed by atoms with Crippen molar-refractivity contribution in [1.29, 1.82) is 0 Å². The summed E-state index contributed by atoms with van der Waals surface area (Å²) in [6, 6.07) is 15.0. The molecule has 3 aromatic carbocycles. The predicted molar refractivity (Wildman–Crippen MR) is 247 cm³/mol. The van der Waals surface area contributed by atoms with Crippen molar-refractivity contribution in [3.05, 3.63) is 83.5 Å². The lowest BCUT2D eigenvalue weighted by Gasteiger charge is -2.44. The number of amides is 3. The lowest BCUT2D eigenvalue weighted by molar-refractivity contribution is -0.120. The number of hydrogen-bond donors (Lipinski definition) is 3. The van der Waals surface area contributed by atoms with E-state index >= 15 is 4.39 Å². The number of anilines is 7. The van der Waals surface area contributed by atoms with Gasteiger partial charge in [0.15, 0.2) is 5.82 Å². The number of piperidine rings is 1. The van der Waals surface area contributed by atoms with Gasteiger partial charge in [-0.15, -0.1) is 0 Å². The molecule has 18 heteroatoms. The van der Waals surface area contributed by atoms with Crippen LogP contribution in [0.2, 0.25) is 5.02 Å². The van der Waals surface area contributed by atoms with Gasteiger partial charge in [-0.25, -0.2) is 14.2 Å². The van der Waals surface area contributed by atoms with Crippen molar-refractivity contribution in [2.45, 2.75) is 44.1 Å². The van der Waals surface area contributed by atoms with Crippen molar-refractivity contribution in [2.24, 2.45) is 7.05 Å². The molecule has 63 heavy (non-hydrogen) atoms. The number of nitrogens with zero attached hydrogens (tertiary/aromatic N) is 8.